The second-order valence-corrected chi connectivity index (χ2v) is 5.22. The van der Waals surface area contributed by atoms with Crippen LogP contribution in [-0.2, 0) is 6.54 Å². The molecule has 2 rings (SSSR count). The van der Waals surface area contributed by atoms with Crippen LogP contribution in [0.4, 0.5) is 4.39 Å². The molecule has 1 saturated heterocycles. The summed E-state index contributed by atoms with van der Waals surface area (Å²) in [5.74, 6) is -0.295. The first-order valence-electron chi connectivity index (χ1n) is 6.00. The van der Waals surface area contributed by atoms with Crippen LogP contribution < -0.4 is 5.73 Å². The van der Waals surface area contributed by atoms with Gasteiger partial charge in [0, 0.05) is 30.7 Å². The number of halogens is 2. The van der Waals surface area contributed by atoms with Crippen LogP contribution in [0.1, 0.15) is 25.3 Å². The van der Waals surface area contributed by atoms with Gasteiger partial charge in [0.25, 0.3) is 0 Å². The van der Waals surface area contributed by atoms with Gasteiger partial charge in [0.05, 0.1) is 5.02 Å². The minimum absolute atomic E-state index is 0.198. The number of nitrogens with two attached hydrogens (primary N) is 1. The van der Waals surface area contributed by atoms with E-state index in [1.54, 1.807) is 18.2 Å². The molecule has 1 aliphatic rings. The summed E-state index contributed by atoms with van der Waals surface area (Å²) in [6.07, 6.45) is 1.95. The first-order valence-corrected chi connectivity index (χ1v) is 6.38. The summed E-state index contributed by atoms with van der Waals surface area (Å²) in [5, 5.41) is 0.198. The van der Waals surface area contributed by atoms with Gasteiger partial charge in [0.2, 0.25) is 0 Å². The predicted molar refractivity (Wildman–Crippen MR) is 68.5 cm³/mol. The van der Waals surface area contributed by atoms with E-state index in [-0.39, 0.29) is 16.9 Å². The first kappa shape index (κ1) is 12.8. The zero-order valence-corrected chi connectivity index (χ0v) is 10.8. The standard InChI is InChI=1S/C13H18ClFN2/c1-9-7-11(16)5-6-17(9)8-10-3-2-4-12(14)13(10)15/h2-4,9,11H,5-8,16H2,1H3. The van der Waals surface area contributed by atoms with E-state index < -0.39 is 0 Å². The highest BCUT2D eigenvalue weighted by atomic mass is 35.5. The van der Waals surface area contributed by atoms with Gasteiger partial charge in [-0.2, -0.15) is 0 Å². The van der Waals surface area contributed by atoms with E-state index in [1.165, 1.54) is 0 Å². The molecular formula is C13H18ClFN2. The molecule has 2 unspecified atom stereocenters. The highest BCUT2D eigenvalue weighted by Crippen LogP contribution is 2.23. The van der Waals surface area contributed by atoms with Gasteiger partial charge < -0.3 is 5.73 Å². The Labute approximate surface area is 107 Å². The topological polar surface area (TPSA) is 29.3 Å². The van der Waals surface area contributed by atoms with Crippen LogP contribution in [0.25, 0.3) is 0 Å². The largest absolute Gasteiger partial charge is 0.328 e. The van der Waals surface area contributed by atoms with Gasteiger partial charge in [-0.05, 0) is 25.8 Å². The highest BCUT2D eigenvalue weighted by molar-refractivity contribution is 6.30. The minimum atomic E-state index is -0.295. The summed E-state index contributed by atoms with van der Waals surface area (Å²) in [5.41, 5.74) is 6.58. The second kappa shape index (κ2) is 5.34. The van der Waals surface area contributed by atoms with Gasteiger partial charge in [-0.3, -0.25) is 4.90 Å². The Morgan fingerprint density at radius 1 is 1.53 bits per heavy atom. The molecule has 0 spiro atoms. The third-order valence-corrected chi connectivity index (χ3v) is 3.75. The molecule has 1 aromatic rings. The number of hydrogen-bond acceptors (Lipinski definition) is 2. The number of nitrogens with zero attached hydrogens (tertiary/aromatic N) is 1. The zero-order valence-electron chi connectivity index (χ0n) is 10.00. The van der Waals surface area contributed by atoms with Crippen LogP contribution in [-0.4, -0.2) is 23.5 Å². The number of hydrogen-bond donors (Lipinski definition) is 1. The Kier molecular flexibility index (Phi) is 4.02. The van der Waals surface area contributed by atoms with Gasteiger partial charge in [-0.1, -0.05) is 23.7 Å². The van der Waals surface area contributed by atoms with Crippen molar-refractivity contribution in [2.24, 2.45) is 5.73 Å². The highest BCUT2D eigenvalue weighted by Gasteiger charge is 2.23. The predicted octanol–water partition coefficient (Wildman–Crippen LogP) is 2.79. The second-order valence-electron chi connectivity index (χ2n) is 4.82. The number of benzene rings is 1. The maximum Gasteiger partial charge on any atom is 0.146 e. The van der Waals surface area contributed by atoms with Crippen LogP contribution in [0, 0.1) is 5.82 Å². The van der Waals surface area contributed by atoms with E-state index in [0.717, 1.165) is 19.4 Å². The van der Waals surface area contributed by atoms with Crippen molar-refractivity contribution in [2.45, 2.75) is 38.4 Å². The molecule has 17 heavy (non-hydrogen) atoms. The molecule has 2 nitrogen and oxygen atoms in total. The average Bonchev–Trinajstić information content (AvgIpc) is 2.28. The summed E-state index contributed by atoms with van der Waals surface area (Å²) in [6.45, 7) is 3.68. The Morgan fingerprint density at radius 2 is 2.29 bits per heavy atom. The van der Waals surface area contributed by atoms with Gasteiger partial charge in [-0.15, -0.1) is 0 Å². The molecule has 94 valence electrons. The van der Waals surface area contributed by atoms with Gasteiger partial charge in [0.1, 0.15) is 5.82 Å². The zero-order chi connectivity index (χ0) is 12.4. The van der Waals surface area contributed by atoms with Crippen LogP contribution in [0.15, 0.2) is 18.2 Å². The molecule has 0 amide bonds. The van der Waals surface area contributed by atoms with Crippen molar-refractivity contribution in [1.29, 1.82) is 0 Å². The van der Waals surface area contributed by atoms with E-state index in [1.807, 2.05) is 0 Å². The SMILES string of the molecule is CC1CC(N)CCN1Cc1cccc(Cl)c1F. The maximum absolute atomic E-state index is 13.8. The molecule has 2 N–H and O–H groups in total. The molecule has 1 fully saturated rings. The quantitative estimate of drug-likeness (QED) is 0.882. The van der Waals surface area contributed by atoms with Crippen molar-refractivity contribution in [2.75, 3.05) is 6.54 Å². The van der Waals surface area contributed by atoms with E-state index in [0.29, 0.717) is 18.2 Å². The molecule has 1 aromatic carbocycles. The molecule has 2 atom stereocenters. The first-order chi connectivity index (χ1) is 8.08. The van der Waals surface area contributed by atoms with Gasteiger partial charge in [0.15, 0.2) is 0 Å². The Morgan fingerprint density at radius 3 is 3.00 bits per heavy atom. The Balaban J connectivity index is 2.08. The summed E-state index contributed by atoms with van der Waals surface area (Å²) >= 11 is 5.78. The smallest absolute Gasteiger partial charge is 0.146 e. The lowest BCUT2D eigenvalue weighted by molar-refractivity contribution is 0.138. The third-order valence-electron chi connectivity index (χ3n) is 3.46. The lowest BCUT2D eigenvalue weighted by Crippen LogP contribution is -2.45. The van der Waals surface area contributed by atoms with E-state index in [4.69, 9.17) is 17.3 Å². The Hall–Kier alpha value is -0.640. The van der Waals surface area contributed by atoms with Crippen molar-refractivity contribution < 1.29 is 4.39 Å². The summed E-state index contributed by atoms with van der Waals surface area (Å²) < 4.78 is 13.8. The molecule has 0 radical (unpaired) electrons. The van der Waals surface area contributed by atoms with Crippen molar-refractivity contribution in [3.05, 3.63) is 34.6 Å². The third kappa shape index (κ3) is 2.97. The van der Waals surface area contributed by atoms with E-state index in [2.05, 4.69) is 11.8 Å². The van der Waals surface area contributed by atoms with Crippen molar-refractivity contribution in [3.63, 3.8) is 0 Å². The fourth-order valence-electron chi connectivity index (χ4n) is 2.38. The van der Waals surface area contributed by atoms with Crippen LogP contribution >= 0.6 is 11.6 Å². The molecule has 0 aliphatic carbocycles. The lowest BCUT2D eigenvalue weighted by atomic mass is 9.98. The summed E-state index contributed by atoms with van der Waals surface area (Å²) in [7, 11) is 0. The van der Waals surface area contributed by atoms with Crippen LogP contribution in [0.2, 0.25) is 5.02 Å². The van der Waals surface area contributed by atoms with Crippen molar-refractivity contribution in [3.8, 4) is 0 Å². The number of rotatable bonds is 2. The molecule has 1 aliphatic heterocycles. The minimum Gasteiger partial charge on any atom is -0.328 e. The Bertz CT molecular complexity index is 397. The molecule has 0 aromatic heterocycles. The van der Waals surface area contributed by atoms with Gasteiger partial charge >= 0.3 is 0 Å². The summed E-state index contributed by atoms with van der Waals surface area (Å²) in [4.78, 5) is 2.26. The number of likely N-dealkylation sites (tertiary alicyclic amines) is 1. The van der Waals surface area contributed by atoms with Crippen LogP contribution in [0.5, 0.6) is 0 Å². The van der Waals surface area contributed by atoms with E-state index in [9.17, 15) is 4.39 Å². The fourth-order valence-corrected chi connectivity index (χ4v) is 2.58. The van der Waals surface area contributed by atoms with Crippen molar-refractivity contribution in [1.82, 2.24) is 4.90 Å². The van der Waals surface area contributed by atoms with E-state index >= 15 is 0 Å². The molecule has 1 heterocycles. The average molecular weight is 257 g/mol. The molecule has 0 bridgehead atoms. The summed E-state index contributed by atoms with van der Waals surface area (Å²) in [6, 6.07) is 5.85. The normalized spacial score (nSPS) is 26.1. The molecule has 4 heteroatoms. The lowest BCUT2D eigenvalue weighted by Gasteiger charge is -2.36. The van der Waals surface area contributed by atoms with Crippen LogP contribution in [0.3, 0.4) is 0 Å². The number of piperidine rings is 1. The maximum atomic E-state index is 13.8. The van der Waals surface area contributed by atoms with Crippen molar-refractivity contribution >= 4 is 11.6 Å². The monoisotopic (exact) mass is 256 g/mol. The molecular weight excluding hydrogens is 239 g/mol. The fraction of sp³-hybridized carbons (Fsp3) is 0.538. The molecule has 0 saturated carbocycles. The van der Waals surface area contributed by atoms with Gasteiger partial charge in [-0.25, -0.2) is 4.39 Å².